The number of methoxy groups -OCH3 is 1. The molecule has 0 saturated carbocycles. The molecule has 5 heteroatoms. The molecular weight excluding hydrogens is 389 g/mol. The molecule has 0 saturated heterocycles. The van der Waals surface area contributed by atoms with Gasteiger partial charge >= 0.3 is 0 Å². The van der Waals surface area contributed by atoms with Gasteiger partial charge in [0.15, 0.2) is 0 Å². The Hall–Kier alpha value is -1.27. The van der Waals surface area contributed by atoms with E-state index in [-0.39, 0.29) is 5.91 Å². The van der Waals surface area contributed by atoms with E-state index in [1.807, 2.05) is 30.3 Å². The van der Waals surface area contributed by atoms with Crippen LogP contribution >= 0.6 is 34.2 Å². The summed E-state index contributed by atoms with van der Waals surface area (Å²) >= 11 is 8.09. The summed E-state index contributed by atoms with van der Waals surface area (Å²) in [6, 6.07) is 12.6. The number of rotatable bonds is 3. The van der Waals surface area contributed by atoms with Crippen molar-refractivity contribution in [2.75, 3.05) is 19.1 Å². The van der Waals surface area contributed by atoms with Crippen molar-refractivity contribution in [1.82, 2.24) is 0 Å². The van der Waals surface area contributed by atoms with Crippen molar-refractivity contribution in [3.05, 3.63) is 56.6 Å². The zero-order valence-electron chi connectivity index (χ0n) is 11.1. The highest BCUT2D eigenvalue weighted by Crippen LogP contribution is 2.24. The molecule has 0 aliphatic carbocycles. The van der Waals surface area contributed by atoms with Crippen molar-refractivity contribution in [3.8, 4) is 5.75 Å². The average molecular weight is 402 g/mol. The quantitative estimate of drug-likeness (QED) is 0.721. The predicted molar refractivity (Wildman–Crippen MR) is 89.9 cm³/mol. The van der Waals surface area contributed by atoms with Gasteiger partial charge < -0.3 is 9.64 Å². The Balaban J connectivity index is 2.34. The fraction of sp³-hybridized carbons (Fsp3) is 0.133. The van der Waals surface area contributed by atoms with E-state index in [1.54, 1.807) is 31.2 Å². The van der Waals surface area contributed by atoms with Crippen molar-refractivity contribution >= 4 is 45.8 Å². The lowest BCUT2D eigenvalue weighted by atomic mass is 10.2. The van der Waals surface area contributed by atoms with E-state index < -0.39 is 0 Å². The van der Waals surface area contributed by atoms with E-state index in [4.69, 9.17) is 16.3 Å². The molecule has 0 spiro atoms. The molecule has 3 nitrogen and oxygen atoms in total. The summed E-state index contributed by atoms with van der Waals surface area (Å²) < 4.78 is 6.04. The summed E-state index contributed by atoms with van der Waals surface area (Å²) in [6.07, 6.45) is 0. The SMILES string of the molecule is COc1cccc(N(C)C(=O)c2cc(Cl)ccc2I)c1. The van der Waals surface area contributed by atoms with Crippen molar-refractivity contribution < 1.29 is 9.53 Å². The summed E-state index contributed by atoms with van der Waals surface area (Å²) in [5, 5.41) is 0.549. The van der Waals surface area contributed by atoms with Gasteiger partial charge in [0.25, 0.3) is 5.91 Å². The first-order valence-corrected chi connectivity index (χ1v) is 7.36. The molecule has 0 bridgehead atoms. The van der Waals surface area contributed by atoms with Gasteiger partial charge in [-0.05, 0) is 52.9 Å². The third-order valence-corrected chi connectivity index (χ3v) is 4.08. The Labute approximate surface area is 136 Å². The van der Waals surface area contributed by atoms with Crippen LogP contribution in [0.25, 0.3) is 0 Å². The number of anilines is 1. The van der Waals surface area contributed by atoms with Crippen LogP contribution in [0.3, 0.4) is 0 Å². The molecule has 0 heterocycles. The number of hydrogen-bond donors (Lipinski definition) is 0. The van der Waals surface area contributed by atoms with Crippen LogP contribution in [0.2, 0.25) is 5.02 Å². The van der Waals surface area contributed by atoms with Crippen LogP contribution in [-0.4, -0.2) is 20.1 Å². The number of nitrogens with zero attached hydrogens (tertiary/aromatic N) is 1. The number of benzene rings is 2. The molecule has 0 atom stereocenters. The first kappa shape index (κ1) is 15.1. The van der Waals surface area contributed by atoms with Crippen LogP contribution < -0.4 is 9.64 Å². The molecular formula is C15H13ClINO2. The second-order valence-electron chi connectivity index (χ2n) is 4.19. The van der Waals surface area contributed by atoms with Crippen LogP contribution in [-0.2, 0) is 0 Å². The molecule has 0 aliphatic rings. The van der Waals surface area contributed by atoms with Crippen LogP contribution in [0.15, 0.2) is 42.5 Å². The van der Waals surface area contributed by atoms with Crippen LogP contribution in [0.5, 0.6) is 5.75 Å². The number of hydrogen-bond acceptors (Lipinski definition) is 2. The molecule has 0 fully saturated rings. The standard InChI is InChI=1S/C15H13ClINO2/c1-18(11-4-3-5-12(9-11)20-2)15(19)13-8-10(16)6-7-14(13)17/h3-9H,1-2H3. The third-order valence-electron chi connectivity index (χ3n) is 2.90. The number of carbonyl (C=O) groups is 1. The van der Waals surface area contributed by atoms with Crippen LogP contribution in [0.1, 0.15) is 10.4 Å². The van der Waals surface area contributed by atoms with Gasteiger partial charge in [-0.1, -0.05) is 17.7 Å². The number of amides is 1. The highest BCUT2D eigenvalue weighted by Gasteiger charge is 2.17. The first-order valence-electron chi connectivity index (χ1n) is 5.90. The molecule has 0 unspecified atom stereocenters. The molecule has 1 amide bonds. The van der Waals surface area contributed by atoms with E-state index in [9.17, 15) is 4.79 Å². The minimum Gasteiger partial charge on any atom is -0.497 e. The van der Waals surface area contributed by atoms with E-state index in [0.29, 0.717) is 16.3 Å². The average Bonchev–Trinajstić information content (AvgIpc) is 2.48. The van der Waals surface area contributed by atoms with Crippen molar-refractivity contribution in [3.63, 3.8) is 0 Å². The van der Waals surface area contributed by atoms with Gasteiger partial charge in [-0.3, -0.25) is 4.79 Å². The Morgan fingerprint density at radius 2 is 2.00 bits per heavy atom. The van der Waals surface area contributed by atoms with E-state index in [2.05, 4.69) is 22.6 Å². The molecule has 0 N–H and O–H groups in total. The minimum atomic E-state index is -0.106. The largest absolute Gasteiger partial charge is 0.497 e. The molecule has 2 rings (SSSR count). The molecule has 20 heavy (non-hydrogen) atoms. The summed E-state index contributed by atoms with van der Waals surface area (Å²) in [6.45, 7) is 0. The smallest absolute Gasteiger partial charge is 0.259 e. The van der Waals surface area contributed by atoms with Crippen LogP contribution in [0, 0.1) is 3.57 Å². The highest BCUT2D eigenvalue weighted by molar-refractivity contribution is 14.1. The summed E-state index contributed by atoms with van der Waals surface area (Å²) in [4.78, 5) is 14.1. The van der Waals surface area contributed by atoms with E-state index in [0.717, 1.165) is 9.26 Å². The Bertz CT molecular complexity index is 646. The third kappa shape index (κ3) is 3.24. The highest BCUT2D eigenvalue weighted by atomic mass is 127. The maximum atomic E-state index is 12.5. The van der Waals surface area contributed by atoms with Gasteiger partial charge in [-0.25, -0.2) is 0 Å². The zero-order valence-corrected chi connectivity index (χ0v) is 14.0. The molecule has 0 aromatic heterocycles. The van der Waals surface area contributed by atoms with Gasteiger partial charge in [0.05, 0.1) is 12.7 Å². The maximum Gasteiger partial charge on any atom is 0.259 e. The first-order chi connectivity index (χ1) is 9.52. The van der Waals surface area contributed by atoms with Gasteiger partial charge in [0.1, 0.15) is 5.75 Å². The van der Waals surface area contributed by atoms with Gasteiger partial charge in [-0.2, -0.15) is 0 Å². The van der Waals surface area contributed by atoms with Crippen LogP contribution in [0.4, 0.5) is 5.69 Å². The van der Waals surface area contributed by atoms with Crippen molar-refractivity contribution in [2.45, 2.75) is 0 Å². The lowest BCUT2D eigenvalue weighted by molar-refractivity contribution is 0.0992. The molecule has 104 valence electrons. The molecule has 2 aromatic carbocycles. The Morgan fingerprint density at radius 1 is 1.25 bits per heavy atom. The fourth-order valence-electron chi connectivity index (χ4n) is 1.78. The second kappa shape index (κ2) is 6.45. The Morgan fingerprint density at radius 3 is 2.70 bits per heavy atom. The fourth-order valence-corrected chi connectivity index (χ4v) is 2.52. The van der Waals surface area contributed by atoms with E-state index in [1.165, 1.54) is 0 Å². The second-order valence-corrected chi connectivity index (χ2v) is 5.79. The predicted octanol–water partition coefficient (Wildman–Crippen LogP) is 4.23. The summed E-state index contributed by atoms with van der Waals surface area (Å²) in [5.41, 5.74) is 1.36. The Kier molecular flexibility index (Phi) is 4.88. The van der Waals surface area contributed by atoms with Gasteiger partial charge in [-0.15, -0.1) is 0 Å². The topological polar surface area (TPSA) is 29.5 Å². The maximum absolute atomic E-state index is 12.5. The molecule has 0 radical (unpaired) electrons. The molecule has 0 aliphatic heterocycles. The van der Waals surface area contributed by atoms with Crippen molar-refractivity contribution in [2.24, 2.45) is 0 Å². The number of ether oxygens (including phenoxy) is 1. The lowest BCUT2D eigenvalue weighted by Gasteiger charge is -2.19. The monoisotopic (exact) mass is 401 g/mol. The molecule has 2 aromatic rings. The minimum absolute atomic E-state index is 0.106. The lowest BCUT2D eigenvalue weighted by Crippen LogP contribution is -2.27. The zero-order chi connectivity index (χ0) is 14.7. The van der Waals surface area contributed by atoms with E-state index >= 15 is 0 Å². The normalized spacial score (nSPS) is 10.2. The number of halogens is 2. The van der Waals surface area contributed by atoms with Gasteiger partial charge in [0, 0.05) is 27.4 Å². The van der Waals surface area contributed by atoms with Gasteiger partial charge in [0.2, 0.25) is 0 Å². The van der Waals surface area contributed by atoms with Crippen molar-refractivity contribution in [1.29, 1.82) is 0 Å². The summed E-state index contributed by atoms with van der Waals surface area (Å²) in [7, 11) is 3.33. The number of carbonyl (C=O) groups excluding carboxylic acids is 1. The summed E-state index contributed by atoms with van der Waals surface area (Å²) in [5.74, 6) is 0.605.